The maximum atomic E-state index is 12.2. The molecule has 108 valence electrons. The number of aryl methyl sites for hydroxylation is 1. The molecular weight excluding hydrogens is 304 g/mol. The molecule has 2 heterocycles. The molecule has 8 nitrogen and oxygen atoms in total. The summed E-state index contributed by atoms with van der Waals surface area (Å²) in [6.07, 6.45) is 1.53. The fourth-order valence-electron chi connectivity index (χ4n) is 1.45. The third-order valence-corrected chi connectivity index (χ3v) is 5.32. The highest BCUT2D eigenvalue weighted by Crippen LogP contribution is 2.20. The van der Waals surface area contributed by atoms with Gasteiger partial charge in [-0.25, -0.2) is 22.9 Å². The number of aromatic amines is 1. The van der Waals surface area contributed by atoms with Crippen molar-refractivity contribution in [3.05, 3.63) is 28.7 Å². The number of methoxy groups -OCH3 is 1. The number of aromatic nitrogens is 3. The molecule has 0 unspecified atom stereocenters. The van der Waals surface area contributed by atoms with Crippen molar-refractivity contribution in [1.82, 2.24) is 19.9 Å². The van der Waals surface area contributed by atoms with E-state index in [2.05, 4.69) is 24.6 Å². The third kappa shape index (κ3) is 2.86. The number of thiazole rings is 1. The molecule has 2 N–H and O–H groups in total. The normalized spacial score (nSPS) is 11.5. The second kappa shape index (κ2) is 5.69. The number of hydrogen-bond donors (Lipinski definition) is 2. The summed E-state index contributed by atoms with van der Waals surface area (Å²) in [4.78, 5) is 15.2. The van der Waals surface area contributed by atoms with E-state index in [4.69, 9.17) is 0 Å². The molecule has 0 amide bonds. The molecule has 2 aromatic heterocycles. The Hall–Kier alpha value is -1.78. The SMILES string of the molecule is COC(=O)c1ncsc1S(=O)(=O)NCc1cn[nH]c1C. The zero-order chi connectivity index (χ0) is 14.8. The van der Waals surface area contributed by atoms with Crippen molar-refractivity contribution in [3.8, 4) is 0 Å². The van der Waals surface area contributed by atoms with Crippen LogP contribution >= 0.6 is 11.3 Å². The second-order valence-electron chi connectivity index (χ2n) is 3.82. The van der Waals surface area contributed by atoms with Crippen LogP contribution in [0.4, 0.5) is 0 Å². The molecule has 0 radical (unpaired) electrons. The highest BCUT2D eigenvalue weighted by Gasteiger charge is 2.26. The molecule has 0 bridgehead atoms. The predicted octanol–water partition coefficient (Wildman–Crippen LogP) is 0.440. The first-order valence-electron chi connectivity index (χ1n) is 5.46. The summed E-state index contributed by atoms with van der Waals surface area (Å²) < 4.78 is 31.1. The topological polar surface area (TPSA) is 114 Å². The molecule has 0 aliphatic heterocycles. The number of carbonyl (C=O) groups is 1. The van der Waals surface area contributed by atoms with Gasteiger partial charge in [0.15, 0.2) is 9.90 Å². The average Bonchev–Trinajstić information content (AvgIpc) is 3.04. The van der Waals surface area contributed by atoms with Crippen LogP contribution in [0.15, 0.2) is 15.9 Å². The number of H-pyrrole nitrogens is 1. The lowest BCUT2D eigenvalue weighted by molar-refractivity contribution is 0.0590. The summed E-state index contributed by atoms with van der Waals surface area (Å²) in [5, 5.41) is 6.51. The Kier molecular flexibility index (Phi) is 4.16. The monoisotopic (exact) mass is 316 g/mol. The van der Waals surface area contributed by atoms with Crippen LogP contribution in [0, 0.1) is 6.92 Å². The third-order valence-electron chi connectivity index (χ3n) is 2.54. The van der Waals surface area contributed by atoms with E-state index in [1.54, 1.807) is 6.92 Å². The molecule has 0 spiro atoms. The highest BCUT2D eigenvalue weighted by molar-refractivity contribution is 7.91. The minimum Gasteiger partial charge on any atom is -0.464 e. The van der Waals surface area contributed by atoms with Gasteiger partial charge in [0.25, 0.3) is 10.0 Å². The van der Waals surface area contributed by atoms with Crippen molar-refractivity contribution in [2.24, 2.45) is 0 Å². The van der Waals surface area contributed by atoms with Crippen LogP contribution in [0.5, 0.6) is 0 Å². The van der Waals surface area contributed by atoms with E-state index in [-0.39, 0.29) is 16.4 Å². The summed E-state index contributed by atoms with van der Waals surface area (Å²) in [5.74, 6) is -0.786. The second-order valence-corrected chi connectivity index (χ2v) is 6.64. The molecule has 20 heavy (non-hydrogen) atoms. The number of carbonyl (C=O) groups excluding carboxylic acids is 1. The van der Waals surface area contributed by atoms with Crippen molar-refractivity contribution < 1.29 is 17.9 Å². The van der Waals surface area contributed by atoms with E-state index in [0.717, 1.165) is 22.6 Å². The van der Waals surface area contributed by atoms with Crippen molar-refractivity contribution in [1.29, 1.82) is 0 Å². The van der Waals surface area contributed by atoms with Gasteiger partial charge in [-0.3, -0.25) is 5.10 Å². The van der Waals surface area contributed by atoms with Crippen LogP contribution in [-0.4, -0.2) is 36.7 Å². The lowest BCUT2D eigenvalue weighted by Crippen LogP contribution is -2.24. The first-order valence-corrected chi connectivity index (χ1v) is 7.82. The number of nitrogens with one attached hydrogen (secondary N) is 2. The van der Waals surface area contributed by atoms with Crippen molar-refractivity contribution in [2.45, 2.75) is 17.7 Å². The highest BCUT2D eigenvalue weighted by atomic mass is 32.2. The predicted molar refractivity (Wildman–Crippen MR) is 70.8 cm³/mol. The Morgan fingerprint density at radius 1 is 1.55 bits per heavy atom. The number of hydrogen-bond acceptors (Lipinski definition) is 7. The van der Waals surface area contributed by atoms with Gasteiger partial charge in [0.05, 0.1) is 18.8 Å². The summed E-state index contributed by atoms with van der Waals surface area (Å²) in [6, 6.07) is 0. The summed E-state index contributed by atoms with van der Waals surface area (Å²) >= 11 is 0.856. The molecule has 2 rings (SSSR count). The van der Waals surface area contributed by atoms with Gasteiger partial charge < -0.3 is 4.74 Å². The van der Waals surface area contributed by atoms with Crippen LogP contribution in [0.25, 0.3) is 0 Å². The Morgan fingerprint density at radius 2 is 2.30 bits per heavy atom. The van der Waals surface area contributed by atoms with E-state index in [1.807, 2.05) is 0 Å². The Labute approximate surface area is 119 Å². The number of nitrogens with zero attached hydrogens (tertiary/aromatic N) is 2. The lowest BCUT2D eigenvalue weighted by Gasteiger charge is -2.05. The van der Waals surface area contributed by atoms with E-state index in [0.29, 0.717) is 0 Å². The van der Waals surface area contributed by atoms with Crippen LogP contribution in [0.1, 0.15) is 21.7 Å². The standard InChI is InChI=1S/C10H12N4O4S2/c1-6-7(3-12-14-6)4-13-20(16,17)10-8(9(15)18-2)11-5-19-10/h3,5,13H,4H2,1-2H3,(H,12,14). The maximum absolute atomic E-state index is 12.2. The van der Waals surface area contributed by atoms with Gasteiger partial charge in [0, 0.05) is 17.8 Å². The van der Waals surface area contributed by atoms with Crippen molar-refractivity contribution in [2.75, 3.05) is 7.11 Å². The number of esters is 1. The zero-order valence-corrected chi connectivity index (χ0v) is 12.3. The van der Waals surface area contributed by atoms with E-state index < -0.39 is 16.0 Å². The fraction of sp³-hybridized carbons (Fsp3) is 0.300. The summed E-state index contributed by atoms with van der Waals surface area (Å²) in [5.41, 5.74) is 2.56. The zero-order valence-electron chi connectivity index (χ0n) is 10.7. The molecule has 0 aliphatic carbocycles. The molecule has 0 aliphatic rings. The van der Waals surface area contributed by atoms with Crippen LogP contribution < -0.4 is 4.72 Å². The van der Waals surface area contributed by atoms with Gasteiger partial charge in [0.1, 0.15) is 0 Å². The smallest absolute Gasteiger partial charge is 0.358 e. The molecule has 2 aromatic rings. The number of rotatable bonds is 5. The molecule has 0 atom stereocenters. The fourth-order valence-corrected chi connectivity index (χ4v) is 3.63. The van der Waals surface area contributed by atoms with E-state index >= 15 is 0 Å². The van der Waals surface area contributed by atoms with Gasteiger partial charge in [0.2, 0.25) is 0 Å². The van der Waals surface area contributed by atoms with Gasteiger partial charge in [-0.2, -0.15) is 5.10 Å². The Bertz CT molecular complexity index is 719. The van der Waals surface area contributed by atoms with Gasteiger partial charge in [-0.1, -0.05) is 0 Å². The van der Waals surface area contributed by atoms with Gasteiger partial charge >= 0.3 is 5.97 Å². The lowest BCUT2D eigenvalue weighted by atomic mass is 10.3. The summed E-state index contributed by atoms with van der Waals surface area (Å²) in [7, 11) is -2.67. The number of ether oxygens (including phenoxy) is 1. The summed E-state index contributed by atoms with van der Waals surface area (Å²) in [6.45, 7) is 1.85. The van der Waals surface area contributed by atoms with E-state index in [1.165, 1.54) is 18.8 Å². The molecular formula is C10H12N4O4S2. The first kappa shape index (κ1) is 14.6. The van der Waals surface area contributed by atoms with Gasteiger partial charge in [-0.15, -0.1) is 11.3 Å². The first-order chi connectivity index (χ1) is 9.45. The Balaban J connectivity index is 2.21. The van der Waals surface area contributed by atoms with E-state index in [9.17, 15) is 13.2 Å². The molecule has 0 fully saturated rings. The largest absolute Gasteiger partial charge is 0.464 e. The Morgan fingerprint density at radius 3 is 2.90 bits per heavy atom. The average molecular weight is 316 g/mol. The molecule has 0 saturated heterocycles. The number of sulfonamides is 1. The minimum absolute atomic E-state index is 0.0726. The van der Waals surface area contributed by atoms with Gasteiger partial charge in [-0.05, 0) is 6.92 Å². The van der Waals surface area contributed by atoms with Crippen molar-refractivity contribution >= 4 is 27.3 Å². The van der Waals surface area contributed by atoms with Crippen LogP contribution in [0.2, 0.25) is 0 Å². The van der Waals surface area contributed by atoms with Crippen molar-refractivity contribution in [3.63, 3.8) is 0 Å². The molecule has 10 heteroatoms. The van der Waals surface area contributed by atoms with Crippen LogP contribution in [0.3, 0.4) is 0 Å². The quantitative estimate of drug-likeness (QED) is 0.774. The van der Waals surface area contributed by atoms with Crippen LogP contribution in [-0.2, 0) is 21.3 Å². The maximum Gasteiger partial charge on any atom is 0.358 e. The minimum atomic E-state index is -3.83. The molecule has 0 saturated carbocycles. The molecule has 0 aromatic carbocycles.